The summed E-state index contributed by atoms with van der Waals surface area (Å²) in [6.45, 7) is 0.805. The van der Waals surface area contributed by atoms with Crippen LogP contribution in [0.4, 0.5) is 4.79 Å². The molecule has 144 valence electrons. The van der Waals surface area contributed by atoms with Crippen LogP contribution in [-0.4, -0.2) is 30.4 Å². The van der Waals surface area contributed by atoms with Crippen LogP contribution < -0.4 is 25.6 Å². The Hall–Kier alpha value is -3.52. The fourth-order valence-corrected chi connectivity index (χ4v) is 2.69. The number of urea groups is 1. The zero-order chi connectivity index (χ0) is 19.2. The quantitative estimate of drug-likeness (QED) is 0.555. The third-order valence-corrected chi connectivity index (χ3v) is 4.11. The lowest BCUT2D eigenvalue weighted by Gasteiger charge is -2.12. The summed E-state index contributed by atoms with van der Waals surface area (Å²) in [6, 6.07) is 16.8. The van der Waals surface area contributed by atoms with Gasteiger partial charge >= 0.3 is 6.03 Å². The minimum atomic E-state index is -0.264. The van der Waals surface area contributed by atoms with Gasteiger partial charge in [-0.15, -0.1) is 0 Å². The van der Waals surface area contributed by atoms with E-state index in [1.165, 1.54) is 0 Å². The number of hydrogen-bond donors (Lipinski definition) is 3. The van der Waals surface area contributed by atoms with E-state index in [-0.39, 0.29) is 12.2 Å². The summed E-state index contributed by atoms with van der Waals surface area (Å²) in [4.78, 5) is 15.5. The molecule has 0 spiro atoms. The summed E-state index contributed by atoms with van der Waals surface area (Å²) in [5.74, 6) is 2.05. The van der Waals surface area contributed by atoms with Crippen LogP contribution in [-0.2, 0) is 6.42 Å². The molecule has 3 N–H and O–H groups in total. The maximum absolute atomic E-state index is 11.0. The van der Waals surface area contributed by atoms with Crippen LogP contribution >= 0.6 is 0 Å². The second-order valence-corrected chi connectivity index (χ2v) is 6.19. The first-order valence-corrected chi connectivity index (χ1v) is 8.94. The van der Waals surface area contributed by atoms with Crippen molar-refractivity contribution < 1.29 is 18.7 Å². The highest BCUT2D eigenvalue weighted by Gasteiger charge is 2.19. The van der Waals surface area contributed by atoms with Crippen molar-refractivity contribution in [1.29, 1.82) is 0 Å². The van der Waals surface area contributed by atoms with Gasteiger partial charge in [-0.05, 0) is 36.4 Å². The lowest BCUT2D eigenvalue weighted by Crippen LogP contribution is -2.38. The van der Waals surface area contributed by atoms with Crippen molar-refractivity contribution in [3.05, 3.63) is 66.6 Å². The molecule has 2 aromatic carbocycles. The predicted molar refractivity (Wildman–Crippen MR) is 102 cm³/mol. The fraction of sp³-hybridized carbons (Fsp3) is 0.200. The Morgan fingerprint density at radius 2 is 1.75 bits per heavy atom. The molecule has 2 heterocycles. The third kappa shape index (κ3) is 4.60. The molecule has 3 aromatic rings. The normalized spacial score (nSPS) is 15.7. The van der Waals surface area contributed by atoms with E-state index >= 15 is 0 Å². The van der Waals surface area contributed by atoms with Gasteiger partial charge in [0, 0.05) is 12.0 Å². The third-order valence-electron chi connectivity index (χ3n) is 4.11. The monoisotopic (exact) mass is 380 g/mol. The topological polar surface area (TPSA) is 97.7 Å². The Kier molecular flexibility index (Phi) is 5.39. The number of carbonyl (C=O) groups excluding carboxylic acids is 1. The van der Waals surface area contributed by atoms with Gasteiger partial charge in [-0.3, -0.25) is 5.43 Å². The Morgan fingerprint density at radius 1 is 1.00 bits per heavy atom. The van der Waals surface area contributed by atoms with Crippen LogP contribution in [0.15, 0.2) is 65.3 Å². The van der Waals surface area contributed by atoms with Gasteiger partial charge in [-0.2, -0.15) is 0 Å². The Balaban J connectivity index is 1.22. The summed E-state index contributed by atoms with van der Waals surface area (Å²) in [7, 11) is 0. The number of aromatic nitrogens is 1. The van der Waals surface area contributed by atoms with Crippen LogP contribution in [0, 0.1) is 0 Å². The standard InChI is InChI=1S/C20H20N4O4/c25-20-22-18(23-24-20)13-27-17-8-6-16(7-9-17)26-11-10-15-12-28-19(21-15)14-4-2-1-3-5-14/h1-9,12,18,23H,10-11,13H2,(H2,22,24,25). The van der Waals surface area contributed by atoms with Crippen LogP contribution in [0.1, 0.15) is 5.69 Å². The summed E-state index contributed by atoms with van der Waals surface area (Å²) in [5.41, 5.74) is 7.02. The maximum Gasteiger partial charge on any atom is 0.330 e. The molecule has 1 aliphatic rings. The van der Waals surface area contributed by atoms with Crippen molar-refractivity contribution in [2.45, 2.75) is 12.6 Å². The second kappa shape index (κ2) is 8.45. The lowest BCUT2D eigenvalue weighted by molar-refractivity contribution is 0.242. The molecule has 1 aromatic heterocycles. The molecule has 4 rings (SSSR count). The average Bonchev–Trinajstić information content (AvgIpc) is 3.37. The number of nitrogens with one attached hydrogen (secondary N) is 3. The predicted octanol–water partition coefficient (Wildman–Crippen LogP) is 2.49. The van der Waals surface area contributed by atoms with Crippen molar-refractivity contribution in [2.24, 2.45) is 0 Å². The Morgan fingerprint density at radius 3 is 2.46 bits per heavy atom. The van der Waals surface area contributed by atoms with Gasteiger partial charge in [-0.1, -0.05) is 18.2 Å². The summed E-state index contributed by atoms with van der Waals surface area (Å²) >= 11 is 0. The smallest absolute Gasteiger partial charge is 0.330 e. The van der Waals surface area contributed by atoms with E-state index in [9.17, 15) is 4.79 Å². The molecular formula is C20H20N4O4. The number of hydrazine groups is 1. The number of rotatable bonds is 8. The fourth-order valence-electron chi connectivity index (χ4n) is 2.69. The zero-order valence-corrected chi connectivity index (χ0v) is 15.1. The number of nitrogens with zero attached hydrogens (tertiary/aromatic N) is 1. The lowest BCUT2D eigenvalue weighted by atomic mass is 10.2. The molecule has 1 fully saturated rings. The largest absolute Gasteiger partial charge is 0.493 e. The van der Waals surface area contributed by atoms with Gasteiger partial charge in [0.25, 0.3) is 0 Å². The summed E-state index contributed by atoms with van der Waals surface area (Å²) in [6.07, 6.45) is 2.05. The number of carbonyl (C=O) groups is 1. The molecule has 1 atom stereocenters. The molecule has 28 heavy (non-hydrogen) atoms. The summed E-state index contributed by atoms with van der Waals surface area (Å²) < 4.78 is 16.9. The van der Waals surface area contributed by atoms with E-state index in [0.717, 1.165) is 17.0 Å². The molecule has 0 saturated carbocycles. The van der Waals surface area contributed by atoms with Crippen molar-refractivity contribution in [3.8, 4) is 23.0 Å². The van der Waals surface area contributed by atoms with Crippen LogP contribution in [0.25, 0.3) is 11.5 Å². The highest BCUT2D eigenvalue weighted by Crippen LogP contribution is 2.20. The Bertz CT molecular complexity index is 911. The SMILES string of the molecule is O=C1NNC(COc2ccc(OCCc3coc(-c4ccccc4)n3)cc2)N1. The van der Waals surface area contributed by atoms with Gasteiger partial charge in [0.15, 0.2) is 0 Å². The molecule has 8 heteroatoms. The molecule has 1 aliphatic heterocycles. The van der Waals surface area contributed by atoms with Crippen molar-refractivity contribution in [2.75, 3.05) is 13.2 Å². The molecule has 0 aliphatic carbocycles. The molecule has 0 bridgehead atoms. The van der Waals surface area contributed by atoms with Crippen molar-refractivity contribution in [1.82, 2.24) is 21.2 Å². The number of hydrogen-bond acceptors (Lipinski definition) is 6. The molecule has 1 saturated heterocycles. The van der Waals surface area contributed by atoms with E-state index < -0.39 is 0 Å². The highest BCUT2D eigenvalue weighted by molar-refractivity contribution is 5.75. The summed E-state index contributed by atoms with van der Waals surface area (Å²) in [5, 5.41) is 2.67. The number of oxazole rings is 1. The van der Waals surface area contributed by atoms with Crippen LogP contribution in [0.3, 0.4) is 0 Å². The van der Waals surface area contributed by atoms with Gasteiger partial charge in [0.05, 0.1) is 12.3 Å². The van der Waals surface area contributed by atoms with Crippen LogP contribution in [0.2, 0.25) is 0 Å². The van der Waals surface area contributed by atoms with Crippen molar-refractivity contribution >= 4 is 6.03 Å². The average molecular weight is 380 g/mol. The van der Waals surface area contributed by atoms with E-state index in [1.54, 1.807) is 6.26 Å². The maximum atomic E-state index is 11.0. The molecule has 2 amide bonds. The molecular weight excluding hydrogens is 360 g/mol. The van der Waals surface area contributed by atoms with Gasteiger partial charge in [-0.25, -0.2) is 15.2 Å². The van der Waals surface area contributed by atoms with E-state index in [1.807, 2.05) is 54.6 Å². The van der Waals surface area contributed by atoms with Crippen LogP contribution in [0.5, 0.6) is 11.5 Å². The van der Waals surface area contributed by atoms with E-state index in [2.05, 4.69) is 21.2 Å². The van der Waals surface area contributed by atoms with Gasteiger partial charge in [0.2, 0.25) is 5.89 Å². The highest BCUT2D eigenvalue weighted by atomic mass is 16.5. The van der Waals surface area contributed by atoms with Gasteiger partial charge < -0.3 is 19.2 Å². The first kappa shape index (κ1) is 17.9. The molecule has 8 nitrogen and oxygen atoms in total. The number of benzene rings is 2. The second-order valence-electron chi connectivity index (χ2n) is 6.19. The number of ether oxygens (including phenoxy) is 2. The Labute approximate surface area is 161 Å². The van der Waals surface area contributed by atoms with Gasteiger partial charge in [0.1, 0.15) is 30.5 Å². The van der Waals surface area contributed by atoms with E-state index in [4.69, 9.17) is 13.9 Å². The zero-order valence-electron chi connectivity index (χ0n) is 15.1. The number of amides is 2. The first-order valence-electron chi connectivity index (χ1n) is 8.94. The minimum absolute atomic E-state index is 0.258. The van der Waals surface area contributed by atoms with E-state index in [0.29, 0.717) is 31.3 Å². The molecule has 0 radical (unpaired) electrons. The minimum Gasteiger partial charge on any atom is -0.493 e. The van der Waals surface area contributed by atoms with Crippen molar-refractivity contribution in [3.63, 3.8) is 0 Å². The first-order chi connectivity index (χ1) is 13.8. The molecule has 1 unspecified atom stereocenters.